The fourth-order valence-electron chi connectivity index (χ4n) is 1.25. The summed E-state index contributed by atoms with van der Waals surface area (Å²) in [5.74, 6) is 0. The first-order chi connectivity index (χ1) is 6.24. The molecule has 0 saturated heterocycles. The van der Waals surface area contributed by atoms with E-state index in [1.165, 1.54) is 11.3 Å². The molecule has 0 bridgehead atoms. The molecule has 2 heterocycles. The summed E-state index contributed by atoms with van der Waals surface area (Å²) in [7, 11) is 0. The molecule has 0 aliphatic rings. The van der Waals surface area contributed by atoms with E-state index in [9.17, 15) is 4.79 Å². The van der Waals surface area contributed by atoms with E-state index in [1.54, 1.807) is 6.20 Å². The average molecular weight is 259 g/mol. The maximum absolute atomic E-state index is 11.4. The number of aromatic nitrogens is 1. The van der Waals surface area contributed by atoms with Crippen LogP contribution in [0.2, 0.25) is 0 Å². The van der Waals surface area contributed by atoms with E-state index in [0.717, 1.165) is 20.1 Å². The van der Waals surface area contributed by atoms with Crippen molar-refractivity contribution in [2.45, 2.75) is 6.54 Å². The molecule has 0 atom stereocenters. The van der Waals surface area contributed by atoms with Crippen LogP contribution in [0.25, 0.3) is 10.1 Å². The van der Waals surface area contributed by atoms with E-state index < -0.39 is 0 Å². The van der Waals surface area contributed by atoms with Crippen molar-refractivity contribution in [3.63, 3.8) is 0 Å². The second-order valence-electron chi connectivity index (χ2n) is 2.63. The summed E-state index contributed by atoms with van der Waals surface area (Å²) < 4.78 is 1.67. The second-order valence-corrected chi connectivity index (χ2v) is 4.37. The predicted octanol–water partition coefficient (Wildman–Crippen LogP) is 1.81. The summed E-state index contributed by atoms with van der Waals surface area (Å²) >= 11 is 4.82. The molecular weight excluding hydrogens is 252 g/mol. The van der Waals surface area contributed by atoms with Crippen LogP contribution in [0.15, 0.2) is 20.8 Å². The van der Waals surface area contributed by atoms with Crippen molar-refractivity contribution in [3.8, 4) is 0 Å². The largest absolute Gasteiger partial charge is 0.328 e. The number of fused-ring (bicyclic) bond motifs is 1. The van der Waals surface area contributed by atoms with Crippen molar-refractivity contribution in [2.24, 2.45) is 5.73 Å². The molecule has 2 rings (SSSR count). The summed E-state index contributed by atoms with van der Waals surface area (Å²) in [6, 6.07) is 0. The number of rotatable bonds is 1. The highest BCUT2D eigenvalue weighted by Gasteiger charge is 2.08. The van der Waals surface area contributed by atoms with E-state index >= 15 is 0 Å². The first-order valence-corrected chi connectivity index (χ1v) is 5.38. The van der Waals surface area contributed by atoms with Gasteiger partial charge in [0.15, 0.2) is 0 Å². The smallest absolute Gasteiger partial charge is 0.265 e. The van der Waals surface area contributed by atoms with Gasteiger partial charge in [0, 0.05) is 28.0 Å². The summed E-state index contributed by atoms with van der Waals surface area (Å²) in [6.45, 7) is 0.433. The molecule has 0 fully saturated rings. The van der Waals surface area contributed by atoms with Gasteiger partial charge in [0.1, 0.15) is 4.70 Å². The van der Waals surface area contributed by atoms with Crippen molar-refractivity contribution >= 4 is 37.4 Å². The van der Waals surface area contributed by atoms with Gasteiger partial charge in [0.25, 0.3) is 5.56 Å². The molecular formula is C8H7BrN2OS. The van der Waals surface area contributed by atoms with Crippen LogP contribution in [0.3, 0.4) is 0 Å². The number of halogens is 1. The zero-order valence-corrected chi connectivity index (χ0v) is 9.04. The van der Waals surface area contributed by atoms with Crippen LogP contribution in [0.5, 0.6) is 0 Å². The number of aromatic amines is 1. The van der Waals surface area contributed by atoms with Gasteiger partial charge in [-0.15, -0.1) is 11.3 Å². The normalized spacial score (nSPS) is 10.9. The van der Waals surface area contributed by atoms with Crippen molar-refractivity contribution in [2.75, 3.05) is 0 Å². The molecule has 0 radical (unpaired) electrons. The highest BCUT2D eigenvalue weighted by atomic mass is 79.9. The Morgan fingerprint density at radius 1 is 1.62 bits per heavy atom. The van der Waals surface area contributed by atoms with Gasteiger partial charge >= 0.3 is 0 Å². The number of H-pyrrole nitrogens is 1. The van der Waals surface area contributed by atoms with Gasteiger partial charge < -0.3 is 10.7 Å². The topological polar surface area (TPSA) is 58.9 Å². The lowest BCUT2D eigenvalue weighted by Crippen LogP contribution is -2.07. The van der Waals surface area contributed by atoms with Gasteiger partial charge in [0.2, 0.25) is 0 Å². The SMILES string of the molecule is NCc1c[nH]c(=O)c2scc(Br)c12. The Hall–Kier alpha value is -0.650. The van der Waals surface area contributed by atoms with Crippen LogP contribution >= 0.6 is 27.3 Å². The zero-order valence-electron chi connectivity index (χ0n) is 6.63. The lowest BCUT2D eigenvalue weighted by atomic mass is 10.2. The number of thiophene rings is 1. The molecule has 3 N–H and O–H groups in total. The van der Waals surface area contributed by atoms with Crippen LogP contribution in [0.1, 0.15) is 5.56 Å². The van der Waals surface area contributed by atoms with Crippen LogP contribution in [-0.4, -0.2) is 4.98 Å². The van der Waals surface area contributed by atoms with E-state index in [0.29, 0.717) is 6.54 Å². The quantitative estimate of drug-likeness (QED) is 0.820. The minimum Gasteiger partial charge on any atom is -0.328 e. The van der Waals surface area contributed by atoms with Gasteiger partial charge in [-0.1, -0.05) is 0 Å². The molecule has 2 aromatic rings. The Labute approximate surface area is 86.7 Å². The molecule has 0 aromatic carbocycles. The van der Waals surface area contributed by atoms with Crippen LogP contribution in [-0.2, 0) is 6.54 Å². The molecule has 0 saturated carbocycles. The third-order valence-corrected chi connectivity index (χ3v) is 3.78. The molecule has 0 aliphatic carbocycles. The van der Waals surface area contributed by atoms with Crippen molar-refractivity contribution in [3.05, 3.63) is 32.0 Å². The molecule has 3 nitrogen and oxygen atoms in total. The molecule has 0 amide bonds. The van der Waals surface area contributed by atoms with Gasteiger partial charge in [-0.2, -0.15) is 0 Å². The second kappa shape index (κ2) is 3.25. The Kier molecular flexibility index (Phi) is 2.23. The molecule has 13 heavy (non-hydrogen) atoms. The number of nitrogens with one attached hydrogen (secondary N) is 1. The Balaban J connectivity index is 2.96. The molecule has 2 aromatic heterocycles. The van der Waals surface area contributed by atoms with Gasteiger partial charge in [-0.3, -0.25) is 4.79 Å². The Bertz CT molecular complexity index is 502. The van der Waals surface area contributed by atoms with Gasteiger partial charge in [-0.05, 0) is 21.5 Å². The minimum absolute atomic E-state index is 0.0529. The van der Waals surface area contributed by atoms with Crippen LogP contribution in [0, 0.1) is 0 Å². The fraction of sp³-hybridized carbons (Fsp3) is 0.125. The summed E-state index contributed by atoms with van der Waals surface area (Å²) in [5.41, 5.74) is 6.46. The molecule has 0 unspecified atom stereocenters. The predicted molar refractivity (Wildman–Crippen MR) is 58.0 cm³/mol. The average Bonchev–Trinajstić information content (AvgIpc) is 2.51. The van der Waals surface area contributed by atoms with E-state index in [4.69, 9.17) is 5.73 Å². The van der Waals surface area contributed by atoms with Crippen LogP contribution in [0.4, 0.5) is 0 Å². The van der Waals surface area contributed by atoms with Gasteiger partial charge in [0.05, 0.1) is 0 Å². The number of hydrogen-bond acceptors (Lipinski definition) is 3. The van der Waals surface area contributed by atoms with Gasteiger partial charge in [-0.25, -0.2) is 0 Å². The Morgan fingerprint density at radius 2 is 2.38 bits per heavy atom. The summed E-state index contributed by atoms with van der Waals surface area (Å²) in [5, 5.41) is 2.84. The van der Waals surface area contributed by atoms with Crippen molar-refractivity contribution in [1.29, 1.82) is 0 Å². The number of nitrogens with two attached hydrogens (primary N) is 1. The summed E-state index contributed by atoms with van der Waals surface area (Å²) in [4.78, 5) is 14.0. The third kappa shape index (κ3) is 1.33. The molecule has 0 spiro atoms. The van der Waals surface area contributed by atoms with Crippen molar-refractivity contribution in [1.82, 2.24) is 4.98 Å². The maximum Gasteiger partial charge on any atom is 0.265 e. The van der Waals surface area contributed by atoms with Crippen molar-refractivity contribution < 1.29 is 0 Å². The summed E-state index contributed by atoms with van der Waals surface area (Å²) in [6.07, 6.45) is 1.67. The fourth-order valence-corrected chi connectivity index (χ4v) is 2.98. The van der Waals surface area contributed by atoms with E-state index in [2.05, 4.69) is 20.9 Å². The molecule has 5 heteroatoms. The monoisotopic (exact) mass is 258 g/mol. The Morgan fingerprint density at radius 3 is 3.08 bits per heavy atom. The number of hydrogen-bond donors (Lipinski definition) is 2. The number of pyridine rings is 1. The maximum atomic E-state index is 11.4. The lowest BCUT2D eigenvalue weighted by molar-refractivity contribution is 1.06. The first kappa shape index (κ1) is 8.93. The third-order valence-electron chi connectivity index (χ3n) is 1.87. The first-order valence-electron chi connectivity index (χ1n) is 3.71. The standard InChI is InChI=1S/C8H7BrN2OS/c9-5-3-13-7-6(5)4(1-10)2-11-8(7)12/h2-3H,1,10H2,(H,11,12). The highest BCUT2D eigenvalue weighted by molar-refractivity contribution is 9.10. The molecule has 68 valence electrons. The zero-order chi connectivity index (χ0) is 9.42. The highest BCUT2D eigenvalue weighted by Crippen LogP contribution is 2.29. The minimum atomic E-state index is -0.0529. The van der Waals surface area contributed by atoms with E-state index in [1.807, 2.05) is 5.38 Å². The molecule has 0 aliphatic heterocycles. The van der Waals surface area contributed by atoms with Crippen LogP contribution < -0.4 is 11.3 Å². The lowest BCUT2D eigenvalue weighted by Gasteiger charge is -1.98. The van der Waals surface area contributed by atoms with E-state index in [-0.39, 0.29) is 5.56 Å².